The first-order valence-electron chi connectivity index (χ1n) is 5.31. The number of hydrogen-bond acceptors (Lipinski definition) is 1. The second-order valence-corrected chi connectivity index (χ2v) is 4.70. The molecule has 1 rings (SSSR count). The lowest BCUT2D eigenvalue weighted by atomic mass is 10.1. The third-order valence-electron chi connectivity index (χ3n) is 2.36. The summed E-state index contributed by atoms with van der Waals surface area (Å²) >= 11 is 1.69. The number of allylic oxidation sites excluding steroid dienone is 1. The zero-order valence-electron chi connectivity index (χ0n) is 9.55. The molecule has 0 atom stereocenters. The maximum absolute atomic E-state index is 4.12. The molecule has 0 fully saturated rings. The fourth-order valence-corrected chi connectivity index (χ4v) is 2.20. The quantitative estimate of drug-likeness (QED) is 0.679. The molecular weight excluding hydrogens is 200 g/mol. The highest BCUT2D eigenvalue weighted by Crippen LogP contribution is 2.34. The Hall–Kier alpha value is -0.950. The standard InChI is InChI=1S/C14H18S/c1-5-11(3)15-12(4)14-10-8-7-9-13(14)6-2/h7-10H,3-6H2,1-2H3. The van der Waals surface area contributed by atoms with E-state index in [2.05, 4.69) is 51.3 Å². The van der Waals surface area contributed by atoms with E-state index >= 15 is 0 Å². The predicted octanol–water partition coefficient (Wildman–Crippen LogP) is 4.88. The van der Waals surface area contributed by atoms with E-state index in [4.69, 9.17) is 0 Å². The van der Waals surface area contributed by atoms with Crippen LogP contribution in [0.5, 0.6) is 0 Å². The van der Waals surface area contributed by atoms with Gasteiger partial charge in [0.25, 0.3) is 0 Å². The summed E-state index contributed by atoms with van der Waals surface area (Å²) in [4.78, 5) is 2.28. The number of aryl methyl sites for hydroxylation is 1. The largest absolute Gasteiger partial charge is 0.0952 e. The summed E-state index contributed by atoms with van der Waals surface area (Å²) in [5.74, 6) is 0. The van der Waals surface area contributed by atoms with Gasteiger partial charge in [0.05, 0.1) is 0 Å². The molecule has 1 aromatic rings. The highest BCUT2D eigenvalue weighted by molar-refractivity contribution is 8.11. The molecule has 0 aliphatic rings. The average molecular weight is 218 g/mol. The molecule has 0 spiro atoms. The van der Waals surface area contributed by atoms with E-state index in [1.165, 1.54) is 16.0 Å². The minimum Gasteiger partial charge on any atom is -0.0952 e. The van der Waals surface area contributed by atoms with Gasteiger partial charge in [-0.05, 0) is 28.9 Å². The van der Waals surface area contributed by atoms with Gasteiger partial charge >= 0.3 is 0 Å². The first-order chi connectivity index (χ1) is 7.19. The van der Waals surface area contributed by atoms with Crippen LogP contribution in [-0.2, 0) is 6.42 Å². The molecule has 0 amide bonds. The van der Waals surface area contributed by atoms with Crippen LogP contribution >= 0.6 is 11.8 Å². The van der Waals surface area contributed by atoms with Gasteiger partial charge in [-0.25, -0.2) is 0 Å². The summed E-state index contributed by atoms with van der Waals surface area (Å²) in [6, 6.07) is 8.44. The topological polar surface area (TPSA) is 0 Å². The number of rotatable bonds is 5. The van der Waals surface area contributed by atoms with Gasteiger partial charge < -0.3 is 0 Å². The number of hydrogen-bond donors (Lipinski definition) is 0. The Kier molecular flexibility index (Phi) is 4.70. The van der Waals surface area contributed by atoms with Crippen molar-refractivity contribution < 1.29 is 0 Å². The SMILES string of the molecule is C=C(CC)SC(=C)c1ccccc1CC. The zero-order valence-corrected chi connectivity index (χ0v) is 10.4. The van der Waals surface area contributed by atoms with Crippen LogP contribution in [0.4, 0.5) is 0 Å². The van der Waals surface area contributed by atoms with Crippen molar-refractivity contribution in [1.82, 2.24) is 0 Å². The van der Waals surface area contributed by atoms with E-state index in [0.717, 1.165) is 17.7 Å². The average Bonchev–Trinajstić information content (AvgIpc) is 2.28. The molecule has 0 aromatic heterocycles. The third-order valence-corrected chi connectivity index (χ3v) is 3.40. The summed E-state index contributed by atoms with van der Waals surface area (Å²) in [7, 11) is 0. The fourth-order valence-electron chi connectivity index (χ4n) is 1.40. The van der Waals surface area contributed by atoms with Crippen LogP contribution in [0.2, 0.25) is 0 Å². The molecule has 0 aliphatic heterocycles. The van der Waals surface area contributed by atoms with Crippen LogP contribution < -0.4 is 0 Å². The molecule has 0 heterocycles. The maximum atomic E-state index is 4.12. The van der Waals surface area contributed by atoms with Gasteiger partial charge in [0.2, 0.25) is 0 Å². The fraction of sp³-hybridized carbons (Fsp3) is 0.286. The maximum Gasteiger partial charge on any atom is 0.0122 e. The minimum atomic E-state index is 0.998. The van der Waals surface area contributed by atoms with E-state index in [0.29, 0.717) is 0 Å². The Bertz CT molecular complexity index is 363. The van der Waals surface area contributed by atoms with Gasteiger partial charge in [-0.2, -0.15) is 0 Å². The minimum absolute atomic E-state index is 0.998. The van der Waals surface area contributed by atoms with Crippen molar-refractivity contribution in [3.8, 4) is 0 Å². The first kappa shape index (κ1) is 12.1. The highest BCUT2D eigenvalue weighted by Gasteiger charge is 2.05. The van der Waals surface area contributed by atoms with Crippen LogP contribution in [0, 0.1) is 0 Å². The lowest BCUT2D eigenvalue weighted by Gasteiger charge is -2.10. The van der Waals surface area contributed by atoms with Gasteiger partial charge in [0.1, 0.15) is 0 Å². The lowest BCUT2D eigenvalue weighted by molar-refractivity contribution is 1.13. The van der Waals surface area contributed by atoms with Crippen LogP contribution in [0.15, 0.2) is 42.3 Å². The number of thioether (sulfide) groups is 1. The van der Waals surface area contributed by atoms with E-state index in [-0.39, 0.29) is 0 Å². The molecule has 0 radical (unpaired) electrons. The number of benzene rings is 1. The summed E-state index contributed by atoms with van der Waals surface area (Å²) in [5, 5.41) is 0. The molecule has 1 aromatic carbocycles. The van der Waals surface area contributed by atoms with Crippen molar-refractivity contribution in [3.05, 3.63) is 53.5 Å². The normalized spacial score (nSPS) is 10.0. The van der Waals surface area contributed by atoms with Crippen molar-refractivity contribution in [2.75, 3.05) is 0 Å². The first-order valence-corrected chi connectivity index (χ1v) is 6.13. The van der Waals surface area contributed by atoms with Crippen molar-refractivity contribution in [2.45, 2.75) is 26.7 Å². The van der Waals surface area contributed by atoms with E-state index in [1.807, 2.05) is 0 Å². The Morgan fingerprint density at radius 3 is 2.47 bits per heavy atom. The molecule has 1 heteroatoms. The zero-order chi connectivity index (χ0) is 11.3. The van der Waals surface area contributed by atoms with Gasteiger partial charge in [0.15, 0.2) is 0 Å². The van der Waals surface area contributed by atoms with Crippen LogP contribution in [-0.4, -0.2) is 0 Å². The van der Waals surface area contributed by atoms with Crippen molar-refractivity contribution >= 4 is 16.7 Å². The van der Waals surface area contributed by atoms with Crippen molar-refractivity contribution in [3.63, 3.8) is 0 Å². The molecule has 15 heavy (non-hydrogen) atoms. The smallest absolute Gasteiger partial charge is 0.0122 e. The van der Waals surface area contributed by atoms with E-state index in [1.54, 1.807) is 11.8 Å². The molecular formula is C14H18S. The van der Waals surface area contributed by atoms with Gasteiger partial charge in [-0.3, -0.25) is 0 Å². The van der Waals surface area contributed by atoms with Crippen LogP contribution in [0.3, 0.4) is 0 Å². The predicted molar refractivity (Wildman–Crippen MR) is 71.9 cm³/mol. The second kappa shape index (κ2) is 5.82. The Morgan fingerprint density at radius 1 is 1.20 bits per heavy atom. The van der Waals surface area contributed by atoms with Gasteiger partial charge in [-0.15, -0.1) is 0 Å². The van der Waals surface area contributed by atoms with Gasteiger partial charge in [-0.1, -0.05) is 63.0 Å². The molecule has 0 saturated heterocycles. The molecule has 80 valence electrons. The monoisotopic (exact) mass is 218 g/mol. The van der Waals surface area contributed by atoms with Crippen molar-refractivity contribution in [2.24, 2.45) is 0 Å². The summed E-state index contributed by atoms with van der Waals surface area (Å²) in [6.45, 7) is 12.4. The molecule has 0 aliphatic carbocycles. The summed E-state index contributed by atoms with van der Waals surface area (Å²) in [6.07, 6.45) is 2.05. The molecule has 0 unspecified atom stereocenters. The molecule has 0 nitrogen and oxygen atoms in total. The third kappa shape index (κ3) is 3.28. The van der Waals surface area contributed by atoms with E-state index < -0.39 is 0 Å². The molecule has 0 saturated carbocycles. The summed E-state index contributed by atoms with van der Waals surface area (Å²) in [5.41, 5.74) is 2.62. The van der Waals surface area contributed by atoms with Crippen LogP contribution in [0.1, 0.15) is 31.4 Å². The molecule has 0 N–H and O–H groups in total. The van der Waals surface area contributed by atoms with Crippen molar-refractivity contribution in [1.29, 1.82) is 0 Å². The second-order valence-electron chi connectivity index (χ2n) is 3.43. The van der Waals surface area contributed by atoms with Crippen LogP contribution in [0.25, 0.3) is 4.91 Å². The Labute approximate surface area is 97.1 Å². The molecule has 0 bridgehead atoms. The highest BCUT2D eigenvalue weighted by atomic mass is 32.2. The Balaban J connectivity index is 2.86. The lowest BCUT2D eigenvalue weighted by Crippen LogP contribution is -1.88. The van der Waals surface area contributed by atoms with Gasteiger partial charge in [0, 0.05) is 4.91 Å². The Morgan fingerprint density at radius 2 is 1.87 bits per heavy atom. The summed E-state index contributed by atoms with van der Waals surface area (Å²) < 4.78 is 0. The van der Waals surface area contributed by atoms with E-state index in [9.17, 15) is 0 Å².